The van der Waals surface area contributed by atoms with Crippen molar-refractivity contribution >= 4 is 0 Å². The largest absolute Gasteiger partial charge is 0.393 e. The molecule has 1 aliphatic carbocycles. The Kier molecular flexibility index (Phi) is 4.94. The first-order valence-electron chi connectivity index (χ1n) is 8.38. The van der Waals surface area contributed by atoms with E-state index in [2.05, 4.69) is 17.0 Å². The summed E-state index contributed by atoms with van der Waals surface area (Å²) in [6.45, 7) is 2.23. The average Bonchev–Trinajstić information content (AvgIpc) is 2.96. The molecule has 1 aliphatic heterocycles. The highest BCUT2D eigenvalue weighted by Gasteiger charge is 2.36. The molecule has 1 aromatic rings. The summed E-state index contributed by atoms with van der Waals surface area (Å²) in [6.07, 6.45) is 7.02. The predicted molar refractivity (Wildman–Crippen MR) is 83.8 cm³/mol. The molecule has 1 aromatic carbocycles. The molecule has 3 unspecified atom stereocenters. The van der Waals surface area contributed by atoms with Crippen LogP contribution in [0.4, 0.5) is 0 Å². The highest BCUT2D eigenvalue weighted by Crippen LogP contribution is 2.35. The van der Waals surface area contributed by atoms with E-state index in [1.807, 2.05) is 12.1 Å². The van der Waals surface area contributed by atoms with Crippen LogP contribution < -0.4 is 0 Å². The Hall–Kier alpha value is -0.900. The van der Waals surface area contributed by atoms with Crippen molar-refractivity contribution in [3.05, 3.63) is 35.4 Å². The number of rotatable bonds is 4. The summed E-state index contributed by atoms with van der Waals surface area (Å²) in [5, 5.41) is 19.4. The molecule has 0 bridgehead atoms. The Morgan fingerprint density at radius 2 is 1.67 bits per heavy atom. The maximum atomic E-state index is 10.3. The number of benzene rings is 1. The molecule has 1 saturated heterocycles. The van der Waals surface area contributed by atoms with Crippen molar-refractivity contribution in [2.24, 2.45) is 5.92 Å². The molecular weight excluding hydrogens is 262 g/mol. The second kappa shape index (κ2) is 6.91. The summed E-state index contributed by atoms with van der Waals surface area (Å²) < 4.78 is 0. The molecule has 2 aliphatic rings. The summed E-state index contributed by atoms with van der Waals surface area (Å²) in [6, 6.07) is 8.82. The van der Waals surface area contributed by atoms with E-state index in [1.165, 1.54) is 37.7 Å². The first-order chi connectivity index (χ1) is 10.3. The standard InChI is InChI=1S/C18H27NO2/c20-13-15-9-7-14(8-10-15)12-19-11-3-5-17(19)16-4-1-2-6-18(16)21/h7-10,16-18,20-21H,1-6,11-13H2. The van der Waals surface area contributed by atoms with Crippen molar-refractivity contribution in [2.75, 3.05) is 6.54 Å². The SMILES string of the molecule is OCc1ccc(CN2CCCC2C2CCCCC2O)cc1. The van der Waals surface area contributed by atoms with E-state index in [1.54, 1.807) is 0 Å². The Morgan fingerprint density at radius 1 is 0.952 bits per heavy atom. The fourth-order valence-electron chi connectivity index (χ4n) is 4.11. The van der Waals surface area contributed by atoms with Gasteiger partial charge in [-0.2, -0.15) is 0 Å². The quantitative estimate of drug-likeness (QED) is 0.895. The molecule has 0 spiro atoms. The van der Waals surface area contributed by atoms with Crippen molar-refractivity contribution in [1.82, 2.24) is 4.90 Å². The van der Waals surface area contributed by atoms with Crippen molar-refractivity contribution in [3.8, 4) is 0 Å². The van der Waals surface area contributed by atoms with Crippen LogP contribution in [0.25, 0.3) is 0 Å². The van der Waals surface area contributed by atoms with Crippen molar-refractivity contribution in [3.63, 3.8) is 0 Å². The van der Waals surface area contributed by atoms with E-state index >= 15 is 0 Å². The van der Waals surface area contributed by atoms with Gasteiger partial charge in [-0.05, 0) is 43.4 Å². The number of nitrogens with zero attached hydrogens (tertiary/aromatic N) is 1. The van der Waals surface area contributed by atoms with Gasteiger partial charge in [-0.15, -0.1) is 0 Å². The molecule has 21 heavy (non-hydrogen) atoms. The molecule has 1 heterocycles. The van der Waals surface area contributed by atoms with Gasteiger partial charge in [0.05, 0.1) is 12.7 Å². The minimum atomic E-state index is -0.0962. The van der Waals surface area contributed by atoms with Crippen LogP contribution >= 0.6 is 0 Å². The van der Waals surface area contributed by atoms with Crippen LogP contribution in [0.3, 0.4) is 0 Å². The third kappa shape index (κ3) is 3.47. The van der Waals surface area contributed by atoms with Crippen LogP contribution in [-0.4, -0.2) is 33.8 Å². The number of hydrogen-bond donors (Lipinski definition) is 2. The van der Waals surface area contributed by atoms with Gasteiger partial charge in [0, 0.05) is 18.5 Å². The van der Waals surface area contributed by atoms with Crippen molar-refractivity contribution in [1.29, 1.82) is 0 Å². The zero-order valence-corrected chi connectivity index (χ0v) is 12.7. The van der Waals surface area contributed by atoms with E-state index in [4.69, 9.17) is 5.11 Å². The topological polar surface area (TPSA) is 43.7 Å². The zero-order chi connectivity index (χ0) is 14.7. The van der Waals surface area contributed by atoms with Gasteiger partial charge in [-0.1, -0.05) is 37.1 Å². The van der Waals surface area contributed by atoms with Gasteiger partial charge in [0.15, 0.2) is 0 Å². The van der Waals surface area contributed by atoms with Crippen LogP contribution in [0.2, 0.25) is 0 Å². The van der Waals surface area contributed by atoms with Crippen LogP contribution in [0.5, 0.6) is 0 Å². The van der Waals surface area contributed by atoms with Gasteiger partial charge >= 0.3 is 0 Å². The maximum absolute atomic E-state index is 10.3. The van der Waals surface area contributed by atoms with Gasteiger partial charge < -0.3 is 10.2 Å². The molecule has 3 atom stereocenters. The Labute approximate surface area is 127 Å². The normalized spacial score (nSPS) is 30.7. The minimum absolute atomic E-state index is 0.0962. The van der Waals surface area contributed by atoms with Crippen LogP contribution in [-0.2, 0) is 13.2 Å². The lowest BCUT2D eigenvalue weighted by molar-refractivity contribution is 0.0201. The Morgan fingerprint density at radius 3 is 2.38 bits per heavy atom. The molecule has 2 fully saturated rings. The fraction of sp³-hybridized carbons (Fsp3) is 0.667. The number of aliphatic hydroxyl groups is 2. The van der Waals surface area contributed by atoms with Gasteiger partial charge in [0.25, 0.3) is 0 Å². The average molecular weight is 289 g/mol. The molecular formula is C18H27NO2. The number of hydrogen-bond acceptors (Lipinski definition) is 3. The molecule has 0 amide bonds. The van der Waals surface area contributed by atoms with E-state index in [9.17, 15) is 5.11 Å². The summed E-state index contributed by atoms with van der Waals surface area (Å²) in [7, 11) is 0. The smallest absolute Gasteiger partial charge is 0.0681 e. The Balaban J connectivity index is 1.65. The summed E-state index contributed by atoms with van der Waals surface area (Å²) >= 11 is 0. The van der Waals surface area contributed by atoms with E-state index < -0.39 is 0 Å². The molecule has 0 aromatic heterocycles. The monoisotopic (exact) mass is 289 g/mol. The van der Waals surface area contributed by atoms with Crippen molar-refractivity contribution < 1.29 is 10.2 Å². The lowest BCUT2D eigenvalue weighted by Crippen LogP contribution is -2.42. The first-order valence-corrected chi connectivity index (χ1v) is 8.38. The van der Waals surface area contributed by atoms with Crippen LogP contribution in [0.1, 0.15) is 49.7 Å². The van der Waals surface area contributed by atoms with Crippen LogP contribution in [0.15, 0.2) is 24.3 Å². The van der Waals surface area contributed by atoms with E-state index in [-0.39, 0.29) is 12.7 Å². The third-order valence-corrected chi connectivity index (χ3v) is 5.28. The van der Waals surface area contributed by atoms with E-state index in [0.29, 0.717) is 12.0 Å². The highest BCUT2D eigenvalue weighted by molar-refractivity contribution is 5.22. The molecule has 1 saturated carbocycles. The summed E-state index contributed by atoms with van der Waals surface area (Å²) in [4.78, 5) is 2.56. The van der Waals surface area contributed by atoms with Gasteiger partial charge in [0.2, 0.25) is 0 Å². The zero-order valence-electron chi connectivity index (χ0n) is 12.7. The molecule has 0 radical (unpaired) electrons. The molecule has 3 heteroatoms. The maximum Gasteiger partial charge on any atom is 0.0681 e. The van der Waals surface area contributed by atoms with Gasteiger partial charge in [-0.25, -0.2) is 0 Å². The minimum Gasteiger partial charge on any atom is -0.393 e. The van der Waals surface area contributed by atoms with Crippen molar-refractivity contribution in [2.45, 2.75) is 63.8 Å². The predicted octanol–water partition coefficient (Wildman–Crippen LogP) is 2.69. The van der Waals surface area contributed by atoms with Crippen LogP contribution in [0, 0.1) is 5.92 Å². The summed E-state index contributed by atoms with van der Waals surface area (Å²) in [5.41, 5.74) is 2.28. The fourth-order valence-corrected chi connectivity index (χ4v) is 4.11. The second-order valence-corrected chi connectivity index (χ2v) is 6.67. The molecule has 116 valence electrons. The van der Waals surface area contributed by atoms with Gasteiger partial charge in [-0.3, -0.25) is 4.90 Å². The Bertz CT molecular complexity index is 445. The summed E-state index contributed by atoms with van der Waals surface area (Å²) in [5.74, 6) is 0.470. The number of aliphatic hydroxyl groups excluding tert-OH is 2. The third-order valence-electron chi connectivity index (χ3n) is 5.28. The molecule has 2 N–H and O–H groups in total. The lowest BCUT2D eigenvalue weighted by Gasteiger charge is -2.37. The molecule has 3 rings (SSSR count). The molecule has 3 nitrogen and oxygen atoms in total. The lowest BCUT2D eigenvalue weighted by atomic mass is 9.80. The van der Waals surface area contributed by atoms with Gasteiger partial charge in [0.1, 0.15) is 0 Å². The highest BCUT2D eigenvalue weighted by atomic mass is 16.3. The van der Waals surface area contributed by atoms with E-state index in [0.717, 1.165) is 25.1 Å². The first kappa shape index (κ1) is 15.0. The number of likely N-dealkylation sites (tertiary alicyclic amines) is 1. The second-order valence-electron chi connectivity index (χ2n) is 6.67.